The summed E-state index contributed by atoms with van der Waals surface area (Å²) in [6, 6.07) is 27.1. The van der Waals surface area contributed by atoms with Gasteiger partial charge in [0.2, 0.25) is 5.91 Å². The standard InChI is InChI=1S/C20H18N4O3/c21-20(25)18-14-9-7-5-3-1-2-4-6-8-12-17-13-10-11-15-19(17)26-27-24-23-22-16-18/h1-16H,(H2,21,25). The number of hydrogen-bond acceptors (Lipinski definition) is 6. The van der Waals surface area contributed by atoms with Gasteiger partial charge in [-0.1, -0.05) is 78.9 Å². The van der Waals surface area contributed by atoms with Crippen LogP contribution < -0.4 is 5.73 Å². The molecule has 0 aliphatic heterocycles. The number of primary amides is 1. The Bertz CT molecular complexity index is 996. The van der Waals surface area contributed by atoms with Crippen LogP contribution in [0.4, 0.5) is 0 Å². The van der Waals surface area contributed by atoms with Crippen LogP contribution in [0, 0.1) is 0 Å². The molecule has 0 aliphatic rings. The first-order chi connectivity index (χ1) is 13.3. The van der Waals surface area contributed by atoms with Gasteiger partial charge in [-0.05, 0) is 17.3 Å². The molecular weight excluding hydrogens is 344 g/mol. The summed E-state index contributed by atoms with van der Waals surface area (Å²) in [6.07, 6.45) is 1.17. The Morgan fingerprint density at radius 1 is 0.778 bits per heavy atom. The Hall–Kier alpha value is -4.00. The number of hydrogen-bond donors (Lipinski definition) is 1. The maximum absolute atomic E-state index is 11.3. The molecule has 1 heterocycles. The molecule has 0 bridgehead atoms. The lowest BCUT2D eigenvalue weighted by Gasteiger charge is -1.86. The lowest BCUT2D eigenvalue weighted by atomic mass is 10.2. The topological polar surface area (TPSA) is 108 Å². The third kappa shape index (κ3) is 7.61. The number of para-hydroxylation sites is 1. The quantitative estimate of drug-likeness (QED) is 0.773. The van der Waals surface area contributed by atoms with Crippen molar-refractivity contribution in [2.75, 3.05) is 0 Å². The summed E-state index contributed by atoms with van der Waals surface area (Å²) in [5, 5.41) is 11.1. The fourth-order valence-electron chi connectivity index (χ4n) is 1.83. The van der Waals surface area contributed by atoms with Gasteiger partial charge in [-0.15, -0.1) is 9.78 Å². The summed E-state index contributed by atoms with van der Waals surface area (Å²) in [5.74, 6) is -0.646. The van der Waals surface area contributed by atoms with Gasteiger partial charge in [-0.25, -0.2) is 0 Å². The third-order valence-electron chi connectivity index (χ3n) is 3.09. The van der Waals surface area contributed by atoms with E-state index in [0.29, 0.717) is 5.58 Å². The third-order valence-corrected chi connectivity index (χ3v) is 3.09. The number of nitrogens with zero attached hydrogens (tertiary/aromatic N) is 3. The van der Waals surface area contributed by atoms with E-state index >= 15 is 0 Å². The van der Waals surface area contributed by atoms with E-state index in [1.165, 1.54) is 12.3 Å². The van der Waals surface area contributed by atoms with Crippen molar-refractivity contribution in [2.45, 2.75) is 0 Å². The summed E-state index contributed by atoms with van der Waals surface area (Å²) in [5.41, 5.74) is 5.88. The second-order valence-electron chi connectivity index (χ2n) is 5.00. The van der Waals surface area contributed by atoms with Crippen LogP contribution in [0.5, 0.6) is 0 Å². The lowest BCUT2D eigenvalue weighted by molar-refractivity contribution is -0.00550. The van der Waals surface area contributed by atoms with Crippen molar-refractivity contribution in [3.05, 3.63) is 103 Å². The summed E-state index contributed by atoms with van der Waals surface area (Å²) < 4.78 is 9.75. The lowest BCUT2D eigenvalue weighted by Crippen LogP contribution is -2.10. The molecule has 7 nitrogen and oxygen atoms in total. The van der Waals surface area contributed by atoms with Crippen LogP contribution in [0.1, 0.15) is 10.4 Å². The molecule has 1 amide bonds. The molecule has 0 aliphatic carbocycles. The Kier molecular flexibility index (Phi) is 8.26. The zero-order valence-electron chi connectivity index (χ0n) is 14.4. The molecule has 2 aromatic rings. The van der Waals surface area contributed by atoms with Gasteiger partial charge in [0, 0.05) is 5.39 Å². The largest absolute Gasteiger partial charge is 0.366 e. The van der Waals surface area contributed by atoms with E-state index in [2.05, 4.69) is 20.3 Å². The molecule has 7 heteroatoms. The zero-order valence-corrected chi connectivity index (χ0v) is 14.4. The monoisotopic (exact) mass is 362 g/mol. The van der Waals surface area contributed by atoms with Crippen LogP contribution >= 0.6 is 0 Å². The molecule has 1 aromatic heterocycles. The number of carbonyl (C=O) groups is 1. The van der Waals surface area contributed by atoms with Crippen molar-refractivity contribution < 1.29 is 14.1 Å². The molecule has 1 aromatic carbocycles. The zero-order chi connectivity index (χ0) is 19.2. The van der Waals surface area contributed by atoms with E-state index in [9.17, 15) is 4.79 Å². The molecule has 2 rings (SSSR count). The van der Waals surface area contributed by atoms with Crippen molar-refractivity contribution >= 4 is 16.9 Å². The minimum atomic E-state index is -0.646. The van der Waals surface area contributed by atoms with E-state index in [0.717, 1.165) is 5.39 Å². The number of aromatic nitrogens is 3. The second-order valence-corrected chi connectivity index (χ2v) is 5.00. The fraction of sp³-hybridized carbons (Fsp3) is 0. The number of amides is 1. The molecule has 0 fully saturated rings. The molecule has 0 unspecified atom stereocenters. The summed E-state index contributed by atoms with van der Waals surface area (Å²) in [6.45, 7) is 0. The molecular formula is C20H18N4O3. The van der Waals surface area contributed by atoms with Crippen molar-refractivity contribution in [2.24, 2.45) is 5.73 Å². The van der Waals surface area contributed by atoms with Crippen LogP contribution in [-0.2, 0) is 0 Å². The predicted molar refractivity (Wildman–Crippen MR) is 101 cm³/mol. The van der Waals surface area contributed by atoms with Gasteiger partial charge in [-0.3, -0.25) is 9.37 Å². The maximum atomic E-state index is 11.3. The highest BCUT2D eigenvalue weighted by Gasteiger charge is 1.94. The van der Waals surface area contributed by atoms with Gasteiger partial charge in [-0.2, -0.15) is 0 Å². The van der Waals surface area contributed by atoms with Gasteiger partial charge in [0.25, 0.3) is 0 Å². The smallest absolute Gasteiger partial charge is 0.250 e. The number of carbonyl (C=O) groups excluding carboxylic acids is 1. The van der Waals surface area contributed by atoms with Crippen molar-refractivity contribution in [1.82, 2.24) is 15.6 Å². The fourth-order valence-corrected chi connectivity index (χ4v) is 1.83. The summed E-state index contributed by atoms with van der Waals surface area (Å²) >= 11 is 0. The first-order valence-corrected chi connectivity index (χ1v) is 7.98. The van der Waals surface area contributed by atoms with E-state index in [1.54, 1.807) is 24.3 Å². The van der Waals surface area contributed by atoms with Gasteiger partial charge in [0.05, 0.1) is 17.0 Å². The minimum absolute atomic E-state index is 0.155. The van der Waals surface area contributed by atoms with Crippen LogP contribution in [0.15, 0.2) is 106 Å². The molecule has 0 saturated heterocycles. The van der Waals surface area contributed by atoms with Crippen LogP contribution in [0.3, 0.4) is 0 Å². The number of fused-ring (bicyclic) bond motifs is 1. The van der Waals surface area contributed by atoms with Gasteiger partial charge >= 0.3 is 0 Å². The van der Waals surface area contributed by atoms with Crippen LogP contribution in [0.2, 0.25) is 0 Å². The summed E-state index contributed by atoms with van der Waals surface area (Å²) in [7, 11) is 0. The summed E-state index contributed by atoms with van der Waals surface area (Å²) in [4.78, 5) is 11.3. The molecule has 0 spiro atoms. The van der Waals surface area contributed by atoms with E-state index in [-0.39, 0.29) is 5.56 Å². The molecule has 27 heavy (non-hydrogen) atoms. The molecule has 0 saturated carbocycles. The Morgan fingerprint density at radius 3 is 2.00 bits per heavy atom. The first kappa shape index (κ1) is 19.3. The Balaban J connectivity index is 2.57. The molecule has 2 N–H and O–H groups in total. The molecule has 0 radical (unpaired) electrons. The predicted octanol–water partition coefficient (Wildman–Crippen LogP) is 3.81. The van der Waals surface area contributed by atoms with Crippen molar-refractivity contribution in [3.63, 3.8) is 0 Å². The van der Waals surface area contributed by atoms with Crippen molar-refractivity contribution in [1.29, 1.82) is 0 Å². The highest BCUT2D eigenvalue weighted by Crippen LogP contribution is 2.08. The minimum Gasteiger partial charge on any atom is -0.366 e. The first-order valence-electron chi connectivity index (χ1n) is 7.98. The highest BCUT2D eigenvalue weighted by molar-refractivity contribution is 5.92. The van der Waals surface area contributed by atoms with Crippen LogP contribution in [0.25, 0.3) is 11.0 Å². The Labute approximate surface area is 155 Å². The molecule has 136 valence electrons. The SMILES string of the molecule is NC(=O)c1cccccccccccc2ccccc2oonnnc1. The molecule has 0 atom stereocenters. The van der Waals surface area contributed by atoms with Gasteiger partial charge in [0.1, 0.15) is 0 Å². The normalized spacial score (nSPS) is 9.04. The Morgan fingerprint density at radius 2 is 1.33 bits per heavy atom. The van der Waals surface area contributed by atoms with E-state index < -0.39 is 5.91 Å². The van der Waals surface area contributed by atoms with E-state index in [1.807, 2.05) is 60.7 Å². The number of nitrogens with two attached hydrogens (primary N) is 1. The van der Waals surface area contributed by atoms with Crippen molar-refractivity contribution in [3.8, 4) is 0 Å². The van der Waals surface area contributed by atoms with Gasteiger partial charge < -0.3 is 5.73 Å². The maximum Gasteiger partial charge on any atom is 0.250 e. The highest BCUT2D eigenvalue weighted by atomic mass is 17.0. The number of rotatable bonds is 1. The number of benzene rings is 1. The van der Waals surface area contributed by atoms with E-state index in [4.69, 9.17) is 10.3 Å². The average molecular weight is 362 g/mol. The second kappa shape index (κ2) is 11.5. The van der Waals surface area contributed by atoms with Crippen LogP contribution in [-0.4, -0.2) is 21.5 Å². The average Bonchev–Trinajstić information content (AvgIpc) is 2.66. The van der Waals surface area contributed by atoms with Gasteiger partial charge in [0.15, 0.2) is 5.58 Å².